The summed E-state index contributed by atoms with van der Waals surface area (Å²) in [6, 6.07) is 13.7. The Morgan fingerprint density at radius 1 is 1.08 bits per heavy atom. The first-order chi connectivity index (χ1) is 12.8. The van der Waals surface area contributed by atoms with E-state index in [4.69, 9.17) is 25.5 Å². The van der Waals surface area contributed by atoms with Crippen molar-refractivity contribution < 1.29 is 13.9 Å². The number of fused-ring (bicyclic) bond motifs is 2. The lowest BCUT2D eigenvalue weighted by Crippen LogP contribution is -1.92. The van der Waals surface area contributed by atoms with Gasteiger partial charge < -0.3 is 13.9 Å². The molecule has 0 radical (unpaired) electrons. The molecule has 0 saturated carbocycles. The normalized spacial score (nSPS) is 12.8. The lowest BCUT2D eigenvalue weighted by atomic mass is 10.2. The van der Waals surface area contributed by atoms with E-state index < -0.39 is 0 Å². The standard InChI is InChI=1S/C18H11ClN2O3S2/c19-16-11-3-1-2-4-14(11)26-15(16)8-25-18-21-20-17(24-18)10-5-6-12-13(7-10)23-9-22-12/h1-7H,8-9H2. The molecular formula is C18H11ClN2O3S2. The zero-order valence-corrected chi connectivity index (χ0v) is 15.7. The van der Waals surface area contributed by atoms with Crippen LogP contribution in [0.4, 0.5) is 0 Å². The number of aromatic nitrogens is 2. The molecule has 0 aliphatic carbocycles. The number of benzene rings is 2. The first-order valence-electron chi connectivity index (χ1n) is 7.80. The maximum atomic E-state index is 6.48. The minimum Gasteiger partial charge on any atom is -0.454 e. The number of ether oxygens (including phenoxy) is 2. The number of nitrogens with zero attached hydrogens (tertiary/aromatic N) is 2. The van der Waals surface area contributed by atoms with E-state index >= 15 is 0 Å². The van der Waals surface area contributed by atoms with Gasteiger partial charge in [0, 0.05) is 26.3 Å². The Kier molecular flexibility index (Phi) is 4.00. The van der Waals surface area contributed by atoms with Crippen LogP contribution in [0.15, 0.2) is 52.1 Å². The van der Waals surface area contributed by atoms with Gasteiger partial charge in [-0.05, 0) is 24.3 Å². The van der Waals surface area contributed by atoms with Gasteiger partial charge in [0.2, 0.25) is 12.7 Å². The van der Waals surface area contributed by atoms with E-state index in [2.05, 4.69) is 16.3 Å². The molecule has 0 unspecified atom stereocenters. The molecule has 0 N–H and O–H groups in total. The summed E-state index contributed by atoms with van der Waals surface area (Å²) in [4.78, 5) is 1.10. The van der Waals surface area contributed by atoms with Crippen LogP contribution < -0.4 is 9.47 Å². The van der Waals surface area contributed by atoms with E-state index in [9.17, 15) is 0 Å². The molecule has 0 bridgehead atoms. The van der Waals surface area contributed by atoms with Crippen molar-refractivity contribution in [1.29, 1.82) is 0 Å². The van der Waals surface area contributed by atoms with Gasteiger partial charge in [0.1, 0.15) is 0 Å². The summed E-state index contributed by atoms with van der Waals surface area (Å²) < 4.78 is 17.6. The third-order valence-electron chi connectivity index (χ3n) is 3.95. The van der Waals surface area contributed by atoms with Crippen molar-refractivity contribution in [3.8, 4) is 23.0 Å². The number of thiophene rings is 1. The predicted molar refractivity (Wildman–Crippen MR) is 102 cm³/mol. The monoisotopic (exact) mass is 402 g/mol. The van der Waals surface area contributed by atoms with Crippen molar-refractivity contribution in [2.24, 2.45) is 0 Å². The lowest BCUT2D eigenvalue weighted by Gasteiger charge is -1.98. The van der Waals surface area contributed by atoms with Gasteiger partial charge in [-0.1, -0.05) is 41.6 Å². The summed E-state index contributed by atoms with van der Waals surface area (Å²) >= 11 is 9.64. The minimum absolute atomic E-state index is 0.236. The zero-order chi connectivity index (χ0) is 17.5. The number of halogens is 1. The average molecular weight is 403 g/mol. The van der Waals surface area contributed by atoms with Gasteiger partial charge in [-0.2, -0.15) is 0 Å². The molecule has 8 heteroatoms. The Morgan fingerprint density at radius 3 is 2.88 bits per heavy atom. The second kappa shape index (κ2) is 6.50. The van der Waals surface area contributed by atoms with Gasteiger partial charge in [0.05, 0.1) is 5.02 Å². The molecule has 1 aliphatic rings. The molecule has 0 amide bonds. The van der Waals surface area contributed by atoms with Crippen molar-refractivity contribution in [3.63, 3.8) is 0 Å². The van der Waals surface area contributed by atoms with Crippen LogP contribution in [-0.4, -0.2) is 17.0 Å². The zero-order valence-electron chi connectivity index (χ0n) is 13.3. The van der Waals surface area contributed by atoms with Crippen molar-refractivity contribution >= 4 is 44.8 Å². The van der Waals surface area contributed by atoms with E-state index in [1.165, 1.54) is 16.5 Å². The smallest absolute Gasteiger partial charge is 0.277 e. The van der Waals surface area contributed by atoms with Gasteiger partial charge in [0.25, 0.3) is 5.22 Å². The summed E-state index contributed by atoms with van der Waals surface area (Å²) in [6.07, 6.45) is 0. The highest BCUT2D eigenvalue weighted by Crippen LogP contribution is 2.39. The Hall–Kier alpha value is -2.22. The Balaban J connectivity index is 1.35. The van der Waals surface area contributed by atoms with Crippen LogP contribution in [0.1, 0.15) is 4.88 Å². The highest BCUT2D eigenvalue weighted by atomic mass is 35.5. The average Bonchev–Trinajstić information content (AvgIpc) is 3.38. The van der Waals surface area contributed by atoms with Gasteiger partial charge in [-0.3, -0.25) is 0 Å². The first kappa shape index (κ1) is 16.0. The van der Waals surface area contributed by atoms with Crippen LogP contribution in [0.2, 0.25) is 5.02 Å². The molecule has 0 fully saturated rings. The molecule has 0 spiro atoms. The molecule has 4 aromatic rings. The summed E-state index contributed by atoms with van der Waals surface area (Å²) in [5, 5.41) is 10.6. The molecule has 0 saturated heterocycles. The van der Waals surface area contributed by atoms with Crippen molar-refractivity contribution in [2.45, 2.75) is 11.0 Å². The number of thioether (sulfide) groups is 1. The maximum Gasteiger partial charge on any atom is 0.277 e. The Morgan fingerprint density at radius 2 is 1.96 bits per heavy atom. The second-order valence-electron chi connectivity index (χ2n) is 5.57. The van der Waals surface area contributed by atoms with E-state index in [-0.39, 0.29) is 6.79 Å². The Labute approximate surface area is 161 Å². The van der Waals surface area contributed by atoms with Crippen LogP contribution in [-0.2, 0) is 5.75 Å². The second-order valence-corrected chi connectivity index (χ2v) is 8.01. The van der Waals surface area contributed by atoms with Gasteiger partial charge in [-0.15, -0.1) is 21.5 Å². The van der Waals surface area contributed by atoms with Crippen LogP contribution in [0.3, 0.4) is 0 Å². The lowest BCUT2D eigenvalue weighted by molar-refractivity contribution is 0.174. The maximum absolute atomic E-state index is 6.48. The highest BCUT2D eigenvalue weighted by molar-refractivity contribution is 7.98. The number of hydrogen-bond acceptors (Lipinski definition) is 7. The number of hydrogen-bond donors (Lipinski definition) is 0. The minimum atomic E-state index is 0.236. The fraction of sp³-hybridized carbons (Fsp3) is 0.111. The van der Waals surface area contributed by atoms with Crippen LogP contribution in [0.25, 0.3) is 21.5 Å². The third-order valence-corrected chi connectivity index (χ3v) is 6.70. The molecule has 2 aromatic heterocycles. The molecule has 3 heterocycles. The Bertz CT molecular complexity index is 1110. The van der Waals surface area contributed by atoms with Crippen LogP contribution in [0, 0.1) is 0 Å². The molecule has 1 aliphatic heterocycles. The van der Waals surface area contributed by atoms with E-state index in [1.807, 2.05) is 36.4 Å². The molecule has 5 nitrogen and oxygen atoms in total. The summed E-state index contributed by atoms with van der Waals surface area (Å²) in [7, 11) is 0. The van der Waals surface area contributed by atoms with E-state index in [0.717, 1.165) is 26.6 Å². The topological polar surface area (TPSA) is 57.4 Å². The quantitative estimate of drug-likeness (QED) is 0.412. The van der Waals surface area contributed by atoms with E-state index in [1.54, 1.807) is 11.3 Å². The van der Waals surface area contributed by atoms with Gasteiger partial charge in [-0.25, -0.2) is 0 Å². The van der Waals surface area contributed by atoms with Gasteiger partial charge >= 0.3 is 0 Å². The highest BCUT2D eigenvalue weighted by Gasteiger charge is 2.17. The summed E-state index contributed by atoms with van der Waals surface area (Å²) in [6.45, 7) is 0.236. The number of rotatable bonds is 4. The SMILES string of the molecule is Clc1c(CSc2nnc(-c3ccc4c(c3)OCO4)o2)sc2ccccc12. The van der Waals surface area contributed by atoms with Crippen LogP contribution >= 0.6 is 34.7 Å². The van der Waals surface area contributed by atoms with Crippen molar-refractivity contribution in [2.75, 3.05) is 6.79 Å². The molecule has 0 atom stereocenters. The van der Waals surface area contributed by atoms with Crippen molar-refractivity contribution in [1.82, 2.24) is 10.2 Å². The fourth-order valence-corrected chi connectivity index (χ4v) is 5.12. The van der Waals surface area contributed by atoms with Crippen molar-refractivity contribution in [3.05, 3.63) is 52.4 Å². The molecule has 2 aromatic carbocycles. The summed E-state index contributed by atoms with van der Waals surface area (Å²) in [5.41, 5.74) is 0.800. The van der Waals surface area contributed by atoms with Crippen LogP contribution in [0.5, 0.6) is 11.5 Å². The summed E-state index contributed by atoms with van der Waals surface area (Å²) in [5.74, 6) is 2.54. The van der Waals surface area contributed by atoms with E-state index in [0.29, 0.717) is 22.6 Å². The van der Waals surface area contributed by atoms with Gasteiger partial charge in [0.15, 0.2) is 11.5 Å². The fourth-order valence-electron chi connectivity index (χ4n) is 2.70. The first-order valence-corrected chi connectivity index (χ1v) is 9.98. The molecule has 130 valence electrons. The molecular weight excluding hydrogens is 392 g/mol. The predicted octanol–water partition coefficient (Wildman–Crippen LogP) is 5.63. The largest absolute Gasteiger partial charge is 0.454 e. The molecule has 26 heavy (non-hydrogen) atoms. The third kappa shape index (κ3) is 2.82. The molecule has 5 rings (SSSR count).